The van der Waals surface area contributed by atoms with Crippen molar-refractivity contribution >= 4 is 10.9 Å². The summed E-state index contributed by atoms with van der Waals surface area (Å²) in [6.07, 6.45) is 0. The number of tetrazole rings is 1. The van der Waals surface area contributed by atoms with Crippen LogP contribution in [0.2, 0.25) is 0 Å². The van der Waals surface area contributed by atoms with Gasteiger partial charge in [-0.3, -0.25) is 9.69 Å². The maximum Gasteiger partial charge on any atom is 0.253 e. The highest BCUT2D eigenvalue weighted by Crippen LogP contribution is 2.36. The molecule has 2 aliphatic rings. The lowest BCUT2D eigenvalue weighted by Crippen LogP contribution is -2.42. The minimum absolute atomic E-state index is 0.166. The maximum absolute atomic E-state index is 13.4. The van der Waals surface area contributed by atoms with Crippen molar-refractivity contribution in [2.45, 2.75) is 12.6 Å². The molecule has 2 aromatic heterocycles. The molecule has 0 radical (unpaired) electrons. The molecule has 35 heavy (non-hydrogen) atoms. The Balaban J connectivity index is 1.43. The van der Waals surface area contributed by atoms with E-state index in [2.05, 4.69) is 25.4 Å². The van der Waals surface area contributed by atoms with Crippen molar-refractivity contribution in [3.63, 3.8) is 0 Å². The molecule has 2 aromatic carbocycles. The second-order valence-electron chi connectivity index (χ2n) is 8.44. The summed E-state index contributed by atoms with van der Waals surface area (Å²) in [6, 6.07) is 12.9. The molecule has 1 atom stereocenters. The van der Waals surface area contributed by atoms with E-state index in [4.69, 9.17) is 18.9 Å². The van der Waals surface area contributed by atoms with Gasteiger partial charge in [0.15, 0.2) is 17.3 Å². The van der Waals surface area contributed by atoms with Gasteiger partial charge >= 0.3 is 0 Å². The van der Waals surface area contributed by atoms with Crippen LogP contribution in [0.3, 0.4) is 0 Å². The predicted molar refractivity (Wildman–Crippen MR) is 125 cm³/mol. The van der Waals surface area contributed by atoms with Gasteiger partial charge < -0.3 is 23.9 Å². The normalized spacial score (nSPS) is 16.5. The van der Waals surface area contributed by atoms with Crippen LogP contribution >= 0.6 is 0 Å². The van der Waals surface area contributed by atoms with Crippen molar-refractivity contribution < 1.29 is 18.9 Å². The fourth-order valence-electron chi connectivity index (χ4n) is 4.57. The first-order valence-electron chi connectivity index (χ1n) is 11.4. The van der Waals surface area contributed by atoms with E-state index in [1.807, 2.05) is 36.4 Å². The summed E-state index contributed by atoms with van der Waals surface area (Å²) in [6.45, 7) is 3.06. The number of methoxy groups -OCH3 is 1. The van der Waals surface area contributed by atoms with E-state index in [0.717, 1.165) is 16.7 Å². The van der Waals surface area contributed by atoms with Gasteiger partial charge in [-0.1, -0.05) is 12.1 Å². The molecule has 0 saturated carbocycles. The van der Waals surface area contributed by atoms with Crippen molar-refractivity contribution in [1.82, 2.24) is 30.1 Å². The number of hydrogen-bond acceptors (Lipinski definition) is 9. The molecular weight excluding hydrogens is 452 g/mol. The first-order valence-corrected chi connectivity index (χ1v) is 11.4. The van der Waals surface area contributed by atoms with Gasteiger partial charge in [-0.2, -0.15) is 0 Å². The number of benzene rings is 2. The van der Waals surface area contributed by atoms with Crippen LogP contribution in [-0.4, -0.2) is 70.3 Å². The number of aromatic amines is 1. The Morgan fingerprint density at radius 2 is 1.86 bits per heavy atom. The lowest BCUT2D eigenvalue weighted by atomic mass is 10.0. The van der Waals surface area contributed by atoms with Crippen LogP contribution in [0.1, 0.15) is 23.0 Å². The molecule has 11 nitrogen and oxygen atoms in total. The van der Waals surface area contributed by atoms with Gasteiger partial charge in [-0.15, -0.1) is 5.10 Å². The molecular formula is C24H24N6O5. The second-order valence-corrected chi connectivity index (χ2v) is 8.44. The fourth-order valence-corrected chi connectivity index (χ4v) is 4.57. The summed E-state index contributed by atoms with van der Waals surface area (Å²) in [5, 5.41) is 13.4. The Labute approximate surface area is 200 Å². The van der Waals surface area contributed by atoms with Crippen LogP contribution in [0.4, 0.5) is 0 Å². The highest BCUT2D eigenvalue weighted by Gasteiger charge is 2.32. The number of pyridine rings is 1. The second kappa shape index (κ2) is 9.01. The Hall–Kier alpha value is -3.96. The molecule has 1 N–H and O–H groups in total. The zero-order valence-electron chi connectivity index (χ0n) is 19.1. The lowest BCUT2D eigenvalue weighted by molar-refractivity contribution is 0.0214. The third kappa shape index (κ3) is 4.08. The number of nitrogens with one attached hydrogen (secondary N) is 1. The summed E-state index contributed by atoms with van der Waals surface area (Å²) >= 11 is 0. The number of nitrogens with zero attached hydrogens (tertiary/aromatic N) is 5. The summed E-state index contributed by atoms with van der Waals surface area (Å²) in [4.78, 5) is 18.6. The number of fused-ring (bicyclic) bond motifs is 2. The van der Waals surface area contributed by atoms with Crippen LogP contribution in [0.15, 0.2) is 47.3 Å². The molecule has 1 unspecified atom stereocenters. The minimum Gasteiger partial charge on any atom is -0.497 e. The van der Waals surface area contributed by atoms with Crippen LogP contribution in [0.5, 0.6) is 17.2 Å². The zero-order valence-corrected chi connectivity index (χ0v) is 19.1. The third-order valence-electron chi connectivity index (χ3n) is 6.37. The zero-order chi connectivity index (χ0) is 23.8. The molecule has 0 aliphatic carbocycles. The van der Waals surface area contributed by atoms with E-state index in [1.54, 1.807) is 17.9 Å². The predicted octanol–water partition coefficient (Wildman–Crippen LogP) is 1.72. The molecule has 180 valence electrons. The van der Waals surface area contributed by atoms with Gasteiger partial charge in [0, 0.05) is 30.1 Å². The van der Waals surface area contributed by atoms with Gasteiger partial charge in [0.25, 0.3) is 5.56 Å². The maximum atomic E-state index is 13.4. The number of rotatable bonds is 6. The van der Waals surface area contributed by atoms with Crippen LogP contribution in [0, 0.1) is 0 Å². The first-order chi connectivity index (χ1) is 17.2. The van der Waals surface area contributed by atoms with Crippen LogP contribution in [0.25, 0.3) is 10.9 Å². The number of aromatic nitrogens is 5. The molecule has 11 heteroatoms. The Morgan fingerprint density at radius 1 is 1.09 bits per heavy atom. The standard InChI is InChI=1S/C24H24N6O5/c1-32-17-4-2-15(3-5-17)13-30-23(26-27-28-30)22(29-6-8-33-9-7-29)18-10-16-11-20-21(35-14-34-20)12-19(16)25-24(18)31/h2-5,10-12,22H,6-9,13-14H2,1H3,(H,25,31). The fraction of sp³-hybridized carbons (Fsp3) is 0.333. The quantitative estimate of drug-likeness (QED) is 0.444. The minimum atomic E-state index is -0.453. The van der Waals surface area contributed by atoms with Gasteiger partial charge in [0.05, 0.1) is 32.4 Å². The van der Waals surface area contributed by atoms with E-state index in [-0.39, 0.29) is 12.4 Å². The van der Waals surface area contributed by atoms with E-state index >= 15 is 0 Å². The third-order valence-corrected chi connectivity index (χ3v) is 6.37. The highest BCUT2D eigenvalue weighted by atomic mass is 16.7. The molecule has 0 amide bonds. The molecule has 1 fully saturated rings. The van der Waals surface area contributed by atoms with Crippen molar-refractivity contribution in [3.05, 3.63) is 69.8 Å². The van der Waals surface area contributed by atoms with Crippen molar-refractivity contribution in [1.29, 1.82) is 0 Å². The van der Waals surface area contributed by atoms with E-state index in [0.29, 0.717) is 61.3 Å². The smallest absolute Gasteiger partial charge is 0.253 e. The molecule has 6 rings (SSSR count). The highest BCUT2D eigenvalue weighted by molar-refractivity contribution is 5.83. The number of ether oxygens (including phenoxy) is 4. The largest absolute Gasteiger partial charge is 0.497 e. The van der Waals surface area contributed by atoms with Gasteiger partial charge in [-0.25, -0.2) is 4.68 Å². The number of hydrogen-bond donors (Lipinski definition) is 1. The summed E-state index contributed by atoms with van der Waals surface area (Å²) in [5.41, 5.74) is 2.05. The van der Waals surface area contributed by atoms with Gasteiger partial charge in [0.2, 0.25) is 6.79 Å². The molecule has 4 heterocycles. The molecule has 1 saturated heterocycles. The topological polar surface area (TPSA) is 117 Å². The first kappa shape index (κ1) is 21.6. The molecule has 0 bridgehead atoms. The Kier molecular flexibility index (Phi) is 5.55. The monoisotopic (exact) mass is 476 g/mol. The van der Waals surface area contributed by atoms with Gasteiger partial charge in [0.1, 0.15) is 11.8 Å². The number of H-pyrrole nitrogens is 1. The average Bonchev–Trinajstić information content (AvgIpc) is 3.54. The molecule has 4 aromatic rings. The average molecular weight is 476 g/mol. The Morgan fingerprint density at radius 3 is 2.63 bits per heavy atom. The van der Waals surface area contributed by atoms with Crippen LogP contribution in [-0.2, 0) is 11.3 Å². The SMILES string of the molecule is COc1ccc(Cn2nnnc2C(c2cc3cc4c(cc3[nH]c2=O)OCO4)N2CCOCC2)cc1. The summed E-state index contributed by atoms with van der Waals surface area (Å²) < 4.78 is 23.6. The molecule has 2 aliphatic heterocycles. The number of morpholine rings is 1. The Bertz CT molecular complexity index is 1410. The molecule has 0 spiro atoms. The lowest BCUT2D eigenvalue weighted by Gasteiger charge is -2.33. The van der Waals surface area contributed by atoms with E-state index in [9.17, 15) is 4.79 Å². The van der Waals surface area contributed by atoms with E-state index in [1.165, 1.54) is 0 Å². The van der Waals surface area contributed by atoms with Gasteiger partial charge in [-0.05, 0) is 40.3 Å². The van der Waals surface area contributed by atoms with Crippen molar-refractivity contribution in [2.75, 3.05) is 40.2 Å². The van der Waals surface area contributed by atoms with Crippen molar-refractivity contribution in [2.24, 2.45) is 0 Å². The summed E-state index contributed by atoms with van der Waals surface area (Å²) in [7, 11) is 1.63. The van der Waals surface area contributed by atoms with Crippen molar-refractivity contribution in [3.8, 4) is 17.2 Å². The van der Waals surface area contributed by atoms with Crippen LogP contribution < -0.4 is 19.8 Å². The summed E-state index contributed by atoms with van der Waals surface area (Å²) in [5.74, 6) is 2.64. The van der Waals surface area contributed by atoms with E-state index < -0.39 is 6.04 Å².